The van der Waals surface area contributed by atoms with Gasteiger partial charge in [0.15, 0.2) is 0 Å². The fourth-order valence-electron chi connectivity index (χ4n) is 2.92. The standard InChI is InChI=1S/C14H23N3O4S/c1-2-16-8-13(7-15-16)14-9-17(4-6-21-14)22(18,19)11-12-3-5-20-10-12/h7-8,12,14H,2-6,9-11H2,1H3/t12-,14-/m0/s1. The highest BCUT2D eigenvalue weighted by Gasteiger charge is 2.33. The van der Waals surface area contributed by atoms with Crippen molar-refractivity contribution in [3.63, 3.8) is 0 Å². The van der Waals surface area contributed by atoms with Gasteiger partial charge in [-0.1, -0.05) is 0 Å². The third kappa shape index (κ3) is 3.51. The summed E-state index contributed by atoms with van der Waals surface area (Å²) in [4.78, 5) is 0. The van der Waals surface area contributed by atoms with Crippen molar-refractivity contribution in [2.75, 3.05) is 38.7 Å². The quantitative estimate of drug-likeness (QED) is 0.793. The molecule has 3 rings (SSSR count). The third-order valence-corrected chi connectivity index (χ3v) is 6.25. The summed E-state index contributed by atoms with van der Waals surface area (Å²) in [5, 5.41) is 4.23. The Hall–Kier alpha value is -0.960. The first kappa shape index (κ1) is 15.9. The van der Waals surface area contributed by atoms with Crippen LogP contribution in [0.5, 0.6) is 0 Å². The van der Waals surface area contributed by atoms with Crippen molar-refractivity contribution >= 4 is 10.0 Å². The summed E-state index contributed by atoms with van der Waals surface area (Å²) in [6, 6.07) is 0. The van der Waals surface area contributed by atoms with Crippen LogP contribution in [-0.4, -0.2) is 61.2 Å². The van der Waals surface area contributed by atoms with E-state index in [4.69, 9.17) is 9.47 Å². The van der Waals surface area contributed by atoms with Gasteiger partial charge in [0.2, 0.25) is 10.0 Å². The molecule has 0 radical (unpaired) electrons. The molecule has 2 aliphatic heterocycles. The SMILES string of the molecule is CCn1cc([C@@H]2CN(S(=O)(=O)C[C@H]3CCOC3)CCO2)cn1. The number of morpholine rings is 1. The summed E-state index contributed by atoms with van der Waals surface area (Å²) in [5.74, 6) is 0.294. The molecule has 1 aromatic rings. The number of sulfonamides is 1. The summed E-state index contributed by atoms with van der Waals surface area (Å²) >= 11 is 0. The maximum Gasteiger partial charge on any atom is 0.214 e. The molecule has 3 heterocycles. The molecular formula is C14H23N3O4S. The first-order valence-corrected chi connectivity index (χ1v) is 9.39. The Balaban J connectivity index is 1.66. The van der Waals surface area contributed by atoms with Crippen molar-refractivity contribution in [2.45, 2.75) is 26.0 Å². The summed E-state index contributed by atoms with van der Waals surface area (Å²) in [7, 11) is -3.26. The Bertz CT molecular complexity index is 595. The number of aryl methyl sites for hydroxylation is 1. The van der Waals surface area contributed by atoms with Crippen LogP contribution in [0.25, 0.3) is 0 Å². The Morgan fingerprint density at radius 2 is 2.27 bits per heavy atom. The number of hydrogen-bond donors (Lipinski definition) is 0. The van der Waals surface area contributed by atoms with Crippen molar-refractivity contribution in [2.24, 2.45) is 5.92 Å². The topological polar surface area (TPSA) is 73.7 Å². The van der Waals surface area contributed by atoms with Gasteiger partial charge in [0.1, 0.15) is 0 Å². The van der Waals surface area contributed by atoms with Crippen molar-refractivity contribution in [3.8, 4) is 0 Å². The minimum atomic E-state index is -3.26. The normalized spacial score (nSPS) is 27.3. The van der Waals surface area contributed by atoms with Gasteiger partial charge in [-0.05, 0) is 19.3 Å². The molecule has 7 nitrogen and oxygen atoms in total. The molecule has 0 aliphatic carbocycles. The Kier molecular flexibility index (Phi) is 4.82. The van der Waals surface area contributed by atoms with Gasteiger partial charge in [0.05, 0.1) is 31.3 Å². The van der Waals surface area contributed by atoms with Gasteiger partial charge < -0.3 is 9.47 Å². The van der Waals surface area contributed by atoms with Crippen molar-refractivity contribution in [3.05, 3.63) is 18.0 Å². The molecule has 124 valence electrons. The lowest BCUT2D eigenvalue weighted by Gasteiger charge is -2.32. The van der Waals surface area contributed by atoms with E-state index in [0.717, 1.165) is 18.5 Å². The lowest BCUT2D eigenvalue weighted by molar-refractivity contribution is -0.00269. The second-order valence-electron chi connectivity index (χ2n) is 5.85. The molecule has 0 N–H and O–H groups in total. The second kappa shape index (κ2) is 6.66. The van der Waals surface area contributed by atoms with Crippen molar-refractivity contribution in [1.82, 2.24) is 14.1 Å². The highest BCUT2D eigenvalue weighted by molar-refractivity contribution is 7.89. The highest BCUT2D eigenvalue weighted by atomic mass is 32.2. The number of nitrogens with zero attached hydrogens (tertiary/aromatic N) is 3. The maximum absolute atomic E-state index is 12.6. The molecule has 0 amide bonds. The van der Waals surface area contributed by atoms with Gasteiger partial charge >= 0.3 is 0 Å². The van der Waals surface area contributed by atoms with E-state index in [-0.39, 0.29) is 17.8 Å². The molecular weight excluding hydrogens is 306 g/mol. The molecule has 0 saturated carbocycles. The molecule has 2 fully saturated rings. The molecule has 1 aromatic heterocycles. The lowest BCUT2D eigenvalue weighted by Crippen LogP contribution is -2.44. The highest BCUT2D eigenvalue weighted by Crippen LogP contribution is 2.25. The summed E-state index contributed by atoms with van der Waals surface area (Å²) in [5.41, 5.74) is 0.936. The van der Waals surface area contributed by atoms with Crippen LogP contribution >= 0.6 is 0 Å². The Morgan fingerprint density at radius 3 is 2.95 bits per heavy atom. The van der Waals surface area contributed by atoms with E-state index < -0.39 is 10.0 Å². The van der Waals surface area contributed by atoms with Crippen LogP contribution in [-0.2, 0) is 26.0 Å². The monoisotopic (exact) mass is 329 g/mol. The molecule has 0 aromatic carbocycles. The molecule has 0 bridgehead atoms. The van der Waals surface area contributed by atoms with Crippen LogP contribution in [0.4, 0.5) is 0 Å². The van der Waals surface area contributed by atoms with Gasteiger partial charge in [-0.2, -0.15) is 9.40 Å². The Morgan fingerprint density at radius 1 is 1.41 bits per heavy atom. The third-order valence-electron chi connectivity index (χ3n) is 4.24. The van der Waals surface area contributed by atoms with Crippen LogP contribution in [0, 0.1) is 5.92 Å². The summed E-state index contributed by atoms with van der Waals surface area (Å²) in [6.45, 7) is 5.23. The molecule has 22 heavy (non-hydrogen) atoms. The smallest absolute Gasteiger partial charge is 0.214 e. The Labute approximate surface area is 131 Å². The molecule has 2 atom stereocenters. The first-order valence-electron chi connectivity index (χ1n) is 7.78. The van der Waals surface area contributed by atoms with E-state index in [9.17, 15) is 8.42 Å². The van der Waals surface area contributed by atoms with E-state index in [0.29, 0.717) is 32.9 Å². The second-order valence-corrected chi connectivity index (χ2v) is 7.87. The van der Waals surface area contributed by atoms with Crippen LogP contribution in [0.3, 0.4) is 0 Å². The number of ether oxygens (including phenoxy) is 2. The fourth-order valence-corrected chi connectivity index (χ4v) is 4.70. The summed E-state index contributed by atoms with van der Waals surface area (Å²) in [6.07, 6.45) is 4.28. The molecule has 2 saturated heterocycles. The van der Waals surface area contributed by atoms with Crippen LogP contribution in [0.15, 0.2) is 12.4 Å². The van der Waals surface area contributed by atoms with Gasteiger partial charge in [-0.3, -0.25) is 4.68 Å². The van der Waals surface area contributed by atoms with Crippen LogP contribution < -0.4 is 0 Å². The van der Waals surface area contributed by atoms with Crippen molar-refractivity contribution < 1.29 is 17.9 Å². The zero-order chi connectivity index (χ0) is 15.6. The lowest BCUT2D eigenvalue weighted by atomic mass is 10.2. The molecule has 2 aliphatic rings. The number of rotatable bonds is 5. The molecule has 8 heteroatoms. The minimum absolute atomic E-state index is 0.120. The maximum atomic E-state index is 12.6. The van der Waals surface area contributed by atoms with Gasteiger partial charge in [-0.15, -0.1) is 0 Å². The van der Waals surface area contributed by atoms with Gasteiger partial charge in [0, 0.05) is 38.0 Å². The van der Waals surface area contributed by atoms with Crippen LogP contribution in [0.1, 0.15) is 25.0 Å². The van der Waals surface area contributed by atoms with E-state index in [2.05, 4.69) is 5.10 Å². The van der Waals surface area contributed by atoms with E-state index in [1.54, 1.807) is 10.5 Å². The number of hydrogen-bond acceptors (Lipinski definition) is 5. The zero-order valence-corrected chi connectivity index (χ0v) is 13.7. The van der Waals surface area contributed by atoms with Crippen molar-refractivity contribution in [1.29, 1.82) is 0 Å². The minimum Gasteiger partial charge on any atom is -0.381 e. The van der Waals surface area contributed by atoms with E-state index in [1.807, 2.05) is 17.8 Å². The predicted octanol–water partition coefficient (Wildman–Crippen LogP) is 0.643. The van der Waals surface area contributed by atoms with E-state index >= 15 is 0 Å². The van der Waals surface area contributed by atoms with Gasteiger partial charge in [-0.25, -0.2) is 8.42 Å². The molecule has 0 spiro atoms. The first-order chi connectivity index (χ1) is 10.6. The largest absolute Gasteiger partial charge is 0.381 e. The average Bonchev–Trinajstić information content (AvgIpc) is 3.18. The number of aromatic nitrogens is 2. The van der Waals surface area contributed by atoms with Gasteiger partial charge in [0.25, 0.3) is 0 Å². The average molecular weight is 329 g/mol. The van der Waals surface area contributed by atoms with E-state index in [1.165, 1.54) is 0 Å². The predicted molar refractivity (Wildman–Crippen MR) is 80.9 cm³/mol. The summed E-state index contributed by atoms with van der Waals surface area (Å²) < 4.78 is 39.5. The molecule has 0 unspecified atom stereocenters. The zero-order valence-electron chi connectivity index (χ0n) is 12.8. The van der Waals surface area contributed by atoms with Crippen LogP contribution in [0.2, 0.25) is 0 Å². The fraction of sp³-hybridized carbons (Fsp3) is 0.786.